The fourth-order valence-electron chi connectivity index (χ4n) is 1.88. The van der Waals surface area contributed by atoms with Gasteiger partial charge in [-0.1, -0.05) is 13.8 Å². The van der Waals surface area contributed by atoms with Gasteiger partial charge in [-0.05, 0) is 18.6 Å². The third-order valence-corrected chi connectivity index (χ3v) is 4.25. The number of rotatable bonds is 14. The van der Waals surface area contributed by atoms with Crippen molar-refractivity contribution < 1.29 is 24.4 Å². The summed E-state index contributed by atoms with van der Waals surface area (Å²) in [5.74, 6) is 1.08. The highest BCUT2D eigenvalue weighted by atomic mass is 32.2. The summed E-state index contributed by atoms with van der Waals surface area (Å²) >= 11 is 1.54. The fourth-order valence-corrected chi connectivity index (χ4v) is 2.73. The largest absolute Gasteiger partial charge is 0.494 e. The summed E-state index contributed by atoms with van der Waals surface area (Å²) in [6.45, 7) is 7.89. The number of nitrogens with zero attached hydrogens (tertiary/aromatic N) is 1. The quantitative estimate of drug-likeness (QED) is 0.398. The first kappa shape index (κ1) is 20.2. The topological polar surface area (TPSA) is 73.1 Å². The van der Waals surface area contributed by atoms with Crippen molar-refractivity contribution in [2.45, 2.75) is 38.1 Å². The Kier molecular flexibility index (Phi) is 11.0. The van der Waals surface area contributed by atoms with Gasteiger partial charge in [0.2, 0.25) is 5.88 Å². The van der Waals surface area contributed by atoms with Gasteiger partial charge >= 0.3 is 0 Å². The summed E-state index contributed by atoms with van der Waals surface area (Å²) in [6, 6.07) is 1.59. The number of aromatic nitrogens is 1. The van der Waals surface area contributed by atoms with Crippen molar-refractivity contribution in [1.29, 1.82) is 0 Å². The molecule has 0 bridgehead atoms. The van der Waals surface area contributed by atoms with E-state index in [1.807, 2.05) is 0 Å². The zero-order valence-corrected chi connectivity index (χ0v) is 14.9. The third-order valence-electron chi connectivity index (χ3n) is 3.03. The first-order valence-corrected chi connectivity index (χ1v) is 9.16. The van der Waals surface area contributed by atoms with Crippen molar-refractivity contribution in [2.75, 3.05) is 45.4 Å². The standard InChI is InChI=1S/C16H29NO5S/c1-3-6-20-8-10-22-11-9-21-7-5-17-15(18)13-14(16(17)19)23-12-4-2/h13,18-19H,3-12H2,1-2H3. The molecule has 23 heavy (non-hydrogen) atoms. The van der Waals surface area contributed by atoms with Gasteiger partial charge in [-0.15, -0.1) is 11.8 Å². The van der Waals surface area contributed by atoms with Crippen LogP contribution >= 0.6 is 11.8 Å². The molecule has 0 spiro atoms. The second-order valence-corrected chi connectivity index (χ2v) is 6.16. The Bertz CT molecular complexity index is 425. The number of ether oxygens (including phenoxy) is 3. The lowest BCUT2D eigenvalue weighted by Gasteiger charge is -2.09. The highest BCUT2D eigenvalue weighted by molar-refractivity contribution is 7.99. The van der Waals surface area contributed by atoms with Gasteiger partial charge in [0.1, 0.15) is 0 Å². The third kappa shape index (κ3) is 7.97. The van der Waals surface area contributed by atoms with E-state index in [1.54, 1.807) is 6.07 Å². The summed E-state index contributed by atoms with van der Waals surface area (Å²) in [5.41, 5.74) is 0. The second kappa shape index (κ2) is 12.5. The average molecular weight is 347 g/mol. The smallest absolute Gasteiger partial charge is 0.208 e. The van der Waals surface area contributed by atoms with E-state index in [9.17, 15) is 10.2 Å². The molecule has 0 saturated heterocycles. The normalized spacial score (nSPS) is 11.2. The predicted molar refractivity (Wildman–Crippen MR) is 91.5 cm³/mol. The van der Waals surface area contributed by atoms with E-state index < -0.39 is 0 Å². The van der Waals surface area contributed by atoms with Gasteiger partial charge in [0.05, 0.1) is 44.5 Å². The van der Waals surface area contributed by atoms with E-state index in [0.717, 1.165) is 25.2 Å². The molecular weight excluding hydrogens is 318 g/mol. The van der Waals surface area contributed by atoms with Crippen molar-refractivity contribution in [3.8, 4) is 11.8 Å². The summed E-state index contributed by atoms with van der Waals surface area (Å²) in [6.07, 6.45) is 2.03. The van der Waals surface area contributed by atoms with E-state index in [0.29, 0.717) is 44.5 Å². The number of thioether (sulfide) groups is 1. The Morgan fingerprint density at radius 2 is 1.52 bits per heavy atom. The number of aromatic hydroxyl groups is 2. The Hall–Kier alpha value is -0.890. The van der Waals surface area contributed by atoms with Crippen LogP contribution in [0.3, 0.4) is 0 Å². The molecule has 0 amide bonds. The number of hydrogen-bond donors (Lipinski definition) is 2. The maximum Gasteiger partial charge on any atom is 0.208 e. The zero-order chi connectivity index (χ0) is 16.9. The van der Waals surface area contributed by atoms with Crippen molar-refractivity contribution in [3.05, 3.63) is 6.07 Å². The van der Waals surface area contributed by atoms with E-state index in [2.05, 4.69) is 13.8 Å². The lowest BCUT2D eigenvalue weighted by molar-refractivity contribution is 0.0128. The van der Waals surface area contributed by atoms with Crippen LogP contribution in [0.4, 0.5) is 0 Å². The Morgan fingerprint density at radius 3 is 2.13 bits per heavy atom. The molecule has 1 rings (SSSR count). The van der Waals surface area contributed by atoms with E-state index in [4.69, 9.17) is 14.2 Å². The minimum atomic E-state index is 0.0639. The molecule has 1 heterocycles. The van der Waals surface area contributed by atoms with Crippen LogP contribution < -0.4 is 0 Å². The fraction of sp³-hybridized carbons (Fsp3) is 0.750. The molecule has 0 aliphatic heterocycles. The molecule has 0 saturated carbocycles. The summed E-state index contributed by atoms with van der Waals surface area (Å²) < 4.78 is 17.6. The van der Waals surface area contributed by atoms with Gasteiger partial charge in [-0.3, -0.25) is 4.57 Å². The first-order chi connectivity index (χ1) is 11.2. The van der Waals surface area contributed by atoms with Crippen LogP contribution in [0.15, 0.2) is 11.0 Å². The van der Waals surface area contributed by atoms with Crippen LogP contribution in [0, 0.1) is 0 Å². The van der Waals surface area contributed by atoms with Crippen LogP contribution in [0.5, 0.6) is 11.8 Å². The Balaban J connectivity index is 2.12. The summed E-state index contributed by atoms with van der Waals surface area (Å²) in [4.78, 5) is 0.708. The highest BCUT2D eigenvalue weighted by Crippen LogP contribution is 2.35. The van der Waals surface area contributed by atoms with Crippen LogP contribution in [0.2, 0.25) is 0 Å². The molecular formula is C16H29NO5S. The molecule has 0 aliphatic rings. The van der Waals surface area contributed by atoms with Gasteiger partial charge in [0.25, 0.3) is 0 Å². The van der Waals surface area contributed by atoms with Crippen molar-refractivity contribution in [2.24, 2.45) is 0 Å². The summed E-state index contributed by atoms with van der Waals surface area (Å²) in [7, 11) is 0. The Labute approximate surface area is 142 Å². The molecule has 0 unspecified atom stereocenters. The van der Waals surface area contributed by atoms with E-state index in [1.165, 1.54) is 16.3 Å². The minimum Gasteiger partial charge on any atom is -0.494 e. The SMILES string of the molecule is CCCOCCOCCOCCn1c(O)cc(SCCC)c1O. The van der Waals surface area contributed by atoms with Crippen LogP contribution in [0.1, 0.15) is 26.7 Å². The lowest BCUT2D eigenvalue weighted by atomic mass is 10.5. The van der Waals surface area contributed by atoms with Crippen LogP contribution in [-0.2, 0) is 20.8 Å². The molecule has 1 aromatic rings. The monoisotopic (exact) mass is 347 g/mol. The van der Waals surface area contributed by atoms with Crippen LogP contribution in [-0.4, -0.2) is 60.2 Å². The van der Waals surface area contributed by atoms with Gasteiger partial charge in [-0.2, -0.15) is 0 Å². The zero-order valence-electron chi connectivity index (χ0n) is 14.1. The average Bonchev–Trinajstić information content (AvgIpc) is 2.81. The van der Waals surface area contributed by atoms with Gasteiger partial charge in [0, 0.05) is 12.7 Å². The second-order valence-electron chi connectivity index (χ2n) is 5.03. The highest BCUT2D eigenvalue weighted by Gasteiger charge is 2.13. The lowest BCUT2D eigenvalue weighted by Crippen LogP contribution is -2.12. The Morgan fingerprint density at radius 1 is 0.913 bits per heavy atom. The molecule has 0 radical (unpaired) electrons. The molecule has 0 atom stereocenters. The molecule has 0 fully saturated rings. The molecule has 7 heteroatoms. The molecule has 1 aromatic heterocycles. The van der Waals surface area contributed by atoms with Gasteiger partial charge in [0.15, 0.2) is 5.88 Å². The number of hydrogen-bond acceptors (Lipinski definition) is 6. The predicted octanol–water partition coefficient (Wildman–Crippen LogP) is 2.86. The van der Waals surface area contributed by atoms with Gasteiger partial charge in [-0.25, -0.2) is 0 Å². The van der Waals surface area contributed by atoms with Crippen molar-refractivity contribution >= 4 is 11.8 Å². The minimum absolute atomic E-state index is 0.0639. The molecule has 6 nitrogen and oxygen atoms in total. The van der Waals surface area contributed by atoms with Gasteiger partial charge < -0.3 is 24.4 Å². The molecule has 134 valence electrons. The molecule has 0 aliphatic carbocycles. The van der Waals surface area contributed by atoms with Crippen molar-refractivity contribution in [1.82, 2.24) is 4.57 Å². The maximum absolute atomic E-state index is 10.1. The van der Waals surface area contributed by atoms with Crippen LogP contribution in [0.25, 0.3) is 0 Å². The molecule has 0 aromatic carbocycles. The van der Waals surface area contributed by atoms with E-state index in [-0.39, 0.29) is 11.8 Å². The van der Waals surface area contributed by atoms with E-state index >= 15 is 0 Å². The maximum atomic E-state index is 10.1. The molecule has 2 N–H and O–H groups in total. The van der Waals surface area contributed by atoms with Crippen molar-refractivity contribution in [3.63, 3.8) is 0 Å². The first-order valence-electron chi connectivity index (χ1n) is 8.18. The summed E-state index contributed by atoms with van der Waals surface area (Å²) in [5, 5.41) is 19.9.